The zero-order chi connectivity index (χ0) is 21.6. The first-order valence-corrected chi connectivity index (χ1v) is 11.7. The van der Waals surface area contributed by atoms with Crippen LogP contribution in [0.15, 0.2) is 66.0 Å². The molecule has 2 aromatic carbocycles. The molecule has 0 spiro atoms. The van der Waals surface area contributed by atoms with E-state index in [1.807, 2.05) is 56.4 Å². The highest BCUT2D eigenvalue weighted by Crippen LogP contribution is 2.33. The quantitative estimate of drug-likeness (QED) is 0.317. The molecular weight excluding hydrogens is 426 g/mol. The summed E-state index contributed by atoms with van der Waals surface area (Å²) in [6.07, 6.45) is 1.51. The first kappa shape index (κ1) is 21.3. The molecule has 8 heteroatoms. The van der Waals surface area contributed by atoms with Crippen LogP contribution in [0, 0.1) is 6.92 Å². The minimum absolute atomic E-state index is 0.0247. The number of aromatic nitrogens is 3. The van der Waals surface area contributed by atoms with Crippen molar-refractivity contribution in [1.82, 2.24) is 20.3 Å². The Morgan fingerprint density at radius 2 is 1.84 bits per heavy atom. The van der Waals surface area contributed by atoms with E-state index in [2.05, 4.69) is 37.3 Å². The van der Waals surface area contributed by atoms with Gasteiger partial charge < -0.3 is 10.2 Å². The maximum absolute atomic E-state index is 12.3. The highest BCUT2D eigenvalue weighted by molar-refractivity contribution is 8.00. The molecule has 0 saturated carbocycles. The van der Waals surface area contributed by atoms with E-state index in [9.17, 15) is 4.79 Å². The molecule has 4 aromatic rings. The number of nitrogens with zero attached hydrogens (tertiary/aromatic N) is 4. The summed E-state index contributed by atoms with van der Waals surface area (Å²) < 4.78 is 0.911. The third-order valence-corrected chi connectivity index (χ3v) is 6.97. The van der Waals surface area contributed by atoms with Crippen molar-refractivity contribution < 1.29 is 4.79 Å². The normalized spacial score (nSPS) is 10.9. The monoisotopic (exact) mass is 449 g/mol. The second kappa shape index (κ2) is 9.89. The molecule has 0 aliphatic rings. The molecule has 2 heterocycles. The molecule has 31 heavy (non-hydrogen) atoms. The summed E-state index contributed by atoms with van der Waals surface area (Å²) in [4.78, 5) is 27.8. The smallest absolute Gasteiger partial charge is 0.230 e. The van der Waals surface area contributed by atoms with Crippen LogP contribution in [0.4, 0.5) is 5.13 Å². The van der Waals surface area contributed by atoms with Gasteiger partial charge in [-0.05, 0) is 18.1 Å². The number of thioether (sulfide) groups is 1. The van der Waals surface area contributed by atoms with Crippen LogP contribution in [0.5, 0.6) is 0 Å². The van der Waals surface area contributed by atoms with Crippen molar-refractivity contribution in [2.75, 3.05) is 17.7 Å². The number of amides is 1. The molecule has 158 valence electrons. The number of fused-ring (bicyclic) bond motifs is 1. The van der Waals surface area contributed by atoms with Gasteiger partial charge in [0, 0.05) is 20.1 Å². The second-order valence-corrected chi connectivity index (χ2v) is 9.16. The number of carbonyl (C=O) groups is 1. The fourth-order valence-electron chi connectivity index (χ4n) is 3.01. The van der Waals surface area contributed by atoms with E-state index in [1.165, 1.54) is 29.2 Å². The summed E-state index contributed by atoms with van der Waals surface area (Å²) in [6, 6.07) is 18.4. The van der Waals surface area contributed by atoms with Gasteiger partial charge in [0.2, 0.25) is 5.91 Å². The lowest BCUT2D eigenvalue weighted by Crippen LogP contribution is -2.24. The summed E-state index contributed by atoms with van der Waals surface area (Å²) in [5.41, 5.74) is 4.17. The lowest BCUT2D eigenvalue weighted by molar-refractivity contribution is -0.118. The fourth-order valence-corrected chi connectivity index (χ4v) is 4.89. The number of rotatable bonds is 8. The van der Waals surface area contributed by atoms with E-state index < -0.39 is 0 Å². The molecule has 4 rings (SSSR count). The van der Waals surface area contributed by atoms with Gasteiger partial charge in [0.25, 0.3) is 0 Å². The van der Waals surface area contributed by atoms with E-state index in [-0.39, 0.29) is 5.91 Å². The van der Waals surface area contributed by atoms with Gasteiger partial charge in [-0.15, -0.1) is 0 Å². The number of benzene rings is 2. The number of nitrogens with one attached hydrogen (secondary N) is 1. The first-order valence-electron chi connectivity index (χ1n) is 9.90. The van der Waals surface area contributed by atoms with Crippen molar-refractivity contribution in [3.05, 3.63) is 77.6 Å². The van der Waals surface area contributed by atoms with Crippen LogP contribution in [-0.2, 0) is 17.9 Å². The summed E-state index contributed by atoms with van der Waals surface area (Å²) in [5, 5.41) is 4.63. The number of aryl methyl sites for hydroxylation is 1. The summed E-state index contributed by atoms with van der Waals surface area (Å²) in [7, 11) is 2.02. The van der Waals surface area contributed by atoms with Gasteiger partial charge in [-0.25, -0.2) is 9.97 Å². The summed E-state index contributed by atoms with van der Waals surface area (Å²) in [6.45, 7) is 3.33. The number of hydrogen-bond acceptors (Lipinski definition) is 7. The zero-order valence-corrected chi connectivity index (χ0v) is 19.0. The summed E-state index contributed by atoms with van der Waals surface area (Å²) >= 11 is 2.97. The molecule has 1 N–H and O–H groups in total. The van der Waals surface area contributed by atoms with E-state index in [1.54, 1.807) is 11.3 Å². The van der Waals surface area contributed by atoms with Crippen LogP contribution in [0.2, 0.25) is 0 Å². The maximum atomic E-state index is 12.3. The van der Waals surface area contributed by atoms with E-state index in [0.717, 1.165) is 27.0 Å². The molecule has 0 bridgehead atoms. The van der Waals surface area contributed by atoms with Crippen LogP contribution < -0.4 is 10.2 Å². The number of thiazole rings is 1. The van der Waals surface area contributed by atoms with Crippen molar-refractivity contribution >= 4 is 44.5 Å². The molecule has 2 aromatic heterocycles. The fraction of sp³-hybridized carbons (Fsp3) is 0.217. The molecule has 0 atom stereocenters. The third kappa shape index (κ3) is 5.59. The van der Waals surface area contributed by atoms with Crippen molar-refractivity contribution in [2.45, 2.75) is 25.0 Å². The molecule has 0 saturated heterocycles. The Kier molecular flexibility index (Phi) is 6.79. The average molecular weight is 450 g/mol. The van der Waals surface area contributed by atoms with Gasteiger partial charge in [0.1, 0.15) is 16.1 Å². The molecule has 0 aliphatic carbocycles. The van der Waals surface area contributed by atoms with Gasteiger partial charge >= 0.3 is 0 Å². The zero-order valence-electron chi connectivity index (χ0n) is 17.4. The van der Waals surface area contributed by atoms with Crippen molar-refractivity contribution in [1.29, 1.82) is 0 Å². The van der Waals surface area contributed by atoms with Gasteiger partial charge in [-0.2, -0.15) is 4.98 Å². The van der Waals surface area contributed by atoms with Gasteiger partial charge in [0.15, 0.2) is 10.8 Å². The van der Waals surface area contributed by atoms with Crippen LogP contribution >= 0.6 is 23.1 Å². The Morgan fingerprint density at radius 1 is 1.06 bits per heavy atom. The van der Waals surface area contributed by atoms with Crippen LogP contribution in [0.1, 0.15) is 16.7 Å². The summed E-state index contributed by atoms with van der Waals surface area (Å²) in [5.74, 6) is 0.272. The van der Waals surface area contributed by atoms with E-state index in [4.69, 9.17) is 0 Å². The Morgan fingerprint density at radius 3 is 2.61 bits per heavy atom. The predicted octanol–water partition coefficient (Wildman–Crippen LogP) is 4.44. The molecule has 0 radical (unpaired) electrons. The third-order valence-electron chi connectivity index (χ3n) is 4.69. The van der Waals surface area contributed by atoms with E-state index in [0.29, 0.717) is 17.9 Å². The predicted molar refractivity (Wildman–Crippen MR) is 128 cm³/mol. The highest BCUT2D eigenvalue weighted by Gasteiger charge is 2.15. The topological polar surface area (TPSA) is 71.0 Å². The highest BCUT2D eigenvalue weighted by atomic mass is 32.2. The minimum Gasteiger partial charge on any atom is -0.351 e. The van der Waals surface area contributed by atoms with Crippen LogP contribution in [-0.4, -0.2) is 33.7 Å². The number of anilines is 1. The number of carbonyl (C=O) groups excluding carboxylic acids is 1. The van der Waals surface area contributed by atoms with Crippen LogP contribution in [0.25, 0.3) is 10.3 Å². The SMILES string of the molecule is Cc1ccc(CNC(=O)CSc2ncnc3nc(N(C)Cc4ccccc4)sc23)cc1. The number of hydrogen-bond donors (Lipinski definition) is 1. The molecule has 0 unspecified atom stereocenters. The molecule has 0 aliphatic heterocycles. The molecular formula is C23H23N5OS2. The van der Waals surface area contributed by atoms with Crippen molar-refractivity contribution in [3.63, 3.8) is 0 Å². The minimum atomic E-state index is -0.0247. The lowest BCUT2D eigenvalue weighted by atomic mass is 10.1. The van der Waals surface area contributed by atoms with Crippen molar-refractivity contribution in [3.8, 4) is 0 Å². The standard InChI is InChI=1S/C23H23N5OS2/c1-16-8-10-17(11-9-16)12-24-19(29)14-30-22-20-21(25-15-26-22)27-23(31-20)28(2)13-18-6-4-3-5-7-18/h3-11,15H,12-14H2,1-2H3,(H,24,29). The molecule has 1 amide bonds. The average Bonchev–Trinajstić information content (AvgIpc) is 3.23. The van der Waals surface area contributed by atoms with Gasteiger partial charge in [-0.3, -0.25) is 4.79 Å². The Bertz CT molecular complexity index is 1160. The Labute approximate surface area is 189 Å². The Hall–Kier alpha value is -2.97. The van der Waals surface area contributed by atoms with Crippen molar-refractivity contribution in [2.24, 2.45) is 0 Å². The lowest BCUT2D eigenvalue weighted by Gasteiger charge is -2.15. The van der Waals surface area contributed by atoms with Gasteiger partial charge in [-0.1, -0.05) is 83.3 Å². The Balaban J connectivity index is 1.38. The van der Waals surface area contributed by atoms with Gasteiger partial charge in [0.05, 0.1) is 5.75 Å². The second-order valence-electron chi connectivity index (χ2n) is 7.22. The largest absolute Gasteiger partial charge is 0.351 e. The molecule has 0 fully saturated rings. The van der Waals surface area contributed by atoms with Crippen LogP contribution in [0.3, 0.4) is 0 Å². The first-order chi connectivity index (χ1) is 15.1. The van der Waals surface area contributed by atoms with E-state index >= 15 is 0 Å². The maximum Gasteiger partial charge on any atom is 0.230 e. The molecule has 6 nitrogen and oxygen atoms in total.